The van der Waals surface area contributed by atoms with Crippen molar-refractivity contribution in [1.29, 1.82) is 0 Å². The van der Waals surface area contributed by atoms with Crippen LogP contribution < -0.4 is 5.32 Å². The van der Waals surface area contributed by atoms with Crippen LogP contribution in [0.5, 0.6) is 5.75 Å². The van der Waals surface area contributed by atoms with Crippen molar-refractivity contribution >= 4 is 15.9 Å². The van der Waals surface area contributed by atoms with Gasteiger partial charge in [-0.05, 0) is 28.4 Å². The first-order chi connectivity index (χ1) is 9.15. The lowest BCUT2D eigenvalue weighted by Gasteiger charge is -2.35. The summed E-state index contributed by atoms with van der Waals surface area (Å²) in [6, 6.07) is 3.59. The number of halogens is 2. The highest BCUT2D eigenvalue weighted by molar-refractivity contribution is 9.10. The van der Waals surface area contributed by atoms with Crippen LogP contribution in [0.1, 0.15) is 31.4 Å². The lowest BCUT2D eigenvalue weighted by Crippen LogP contribution is -2.45. The average molecular weight is 331 g/mol. The summed E-state index contributed by atoms with van der Waals surface area (Å²) in [6.45, 7) is 5.87. The summed E-state index contributed by atoms with van der Waals surface area (Å²) in [4.78, 5) is 2.32. The molecule has 1 aromatic rings. The second kappa shape index (κ2) is 6.68. The fourth-order valence-corrected chi connectivity index (χ4v) is 2.95. The Bertz CT molecular complexity index is 436. The predicted octanol–water partition coefficient (Wildman–Crippen LogP) is 3.04. The van der Waals surface area contributed by atoms with Gasteiger partial charge in [-0.3, -0.25) is 4.90 Å². The van der Waals surface area contributed by atoms with Crippen molar-refractivity contribution < 1.29 is 9.50 Å². The van der Waals surface area contributed by atoms with Gasteiger partial charge in [-0.2, -0.15) is 0 Å². The molecule has 1 aromatic carbocycles. The van der Waals surface area contributed by atoms with Crippen molar-refractivity contribution in [3.63, 3.8) is 0 Å². The molecule has 0 unspecified atom stereocenters. The molecule has 2 N–H and O–H groups in total. The third-order valence-corrected chi connectivity index (χ3v) is 4.23. The van der Waals surface area contributed by atoms with Crippen LogP contribution >= 0.6 is 15.9 Å². The van der Waals surface area contributed by atoms with Crippen LogP contribution in [0.15, 0.2) is 16.6 Å². The summed E-state index contributed by atoms with van der Waals surface area (Å²) in [6.07, 6.45) is 1.93. The molecule has 0 spiro atoms. The smallest absolute Gasteiger partial charge is 0.179 e. The second-order valence-electron chi connectivity index (χ2n) is 4.89. The SMILES string of the molecule is CCC[C@H](c1ccc(Br)c(F)c1O)N1CCNCC1. The number of phenolic OH excluding ortho intramolecular Hbond substituents is 1. The van der Waals surface area contributed by atoms with E-state index in [4.69, 9.17) is 0 Å². The van der Waals surface area contributed by atoms with Crippen LogP contribution in [0, 0.1) is 5.82 Å². The first-order valence-electron chi connectivity index (χ1n) is 6.76. The number of rotatable bonds is 4. The Hall–Kier alpha value is -0.650. The molecule has 0 saturated carbocycles. The first-order valence-corrected chi connectivity index (χ1v) is 7.56. The van der Waals surface area contributed by atoms with Gasteiger partial charge in [0.1, 0.15) is 0 Å². The monoisotopic (exact) mass is 330 g/mol. The van der Waals surface area contributed by atoms with E-state index in [0.29, 0.717) is 10.0 Å². The Labute approximate surface area is 121 Å². The topological polar surface area (TPSA) is 35.5 Å². The number of nitrogens with zero attached hydrogens (tertiary/aromatic N) is 1. The summed E-state index contributed by atoms with van der Waals surface area (Å²) in [5.41, 5.74) is 0.699. The second-order valence-corrected chi connectivity index (χ2v) is 5.74. The van der Waals surface area contributed by atoms with Gasteiger partial charge in [-0.1, -0.05) is 19.4 Å². The van der Waals surface area contributed by atoms with Crippen LogP contribution in [0.2, 0.25) is 0 Å². The highest BCUT2D eigenvalue weighted by Crippen LogP contribution is 2.36. The molecule has 106 valence electrons. The van der Waals surface area contributed by atoms with E-state index in [9.17, 15) is 9.50 Å². The van der Waals surface area contributed by atoms with Gasteiger partial charge in [-0.15, -0.1) is 0 Å². The molecule has 1 atom stereocenters. The Morgan fingerprint density at radius 1 is 1.42 bits per heavy atom. The Morgan fingerprint density at radius 2 is 2.11 bits per heavy atom. The van der Waals surface area contributed by atoms with Crippen molar-refractivity contribution in [1.82, 2.24) is 10.2 Å². The molecule has 0 amide bonds. The quantitative estimate of drug-likeness (QED) is 0.890. The molecule has 1 saturated heterocycles. The predicted molar refractivity (Wildman–Crippen MR) is 77.9 cm³/mol. The third-order valence-electron chi connectivity index (χ3n) is 3.61. The summed E-state index contributed by atoms with van der Waals surface area (Å²) >= 11 is 3.11. The maximum atomic E-state index is 13.8. The van der Waals surface area contributed by atoms with Crippen molar-refractivity contribution in [2.24, 2.45) is 0 Å². The molecule has 1 heterocycles. The molecule has 1 fully saturated rings. The average Bonchev–Trinajstić information content (AvgIpc) is 2.44. The number of aromatic hydroxyl groups is 1. The molecule has 0 aromatic heterocycles. The number of nitrogens with one attached hydrogen (secondary N) is 1. The fourth-order valence-electron chi connectivity index (χ4n) is 2.63. The fraction of sp³-hybridized carbons (Fsp3) is 0.571. The molecule has 0 bridgehead atoms. The van der Waals surface area contributed by atoms with E-state index < -0.39 is 5.82 Å². The molecule has 5 heteroatoms. The summed E-state index contributed by atoms with van der Waals surface area (Å²) < 4.78 is 14.1. The normalized spacial score (nSPS) is 18.5. The minimum atomic E-state index is -0.561. The van der Waals surface area contributed by atoms with Gasteiger partial charge in [0, 0.05) is 37.8 Å². The molecule has 0 radical (unpaired) electrons. The van der Waals surface area contributed by atoms with Crippen LogP contribution in [0.3, 0.4) is 0 Å². The lowest BCUT2D eigenvalue weighted by atomic mass is 9.98. The molecule has 3 nitrogen and oxygen atoms in total. The maximum absolute atomic E-state index is 13.8. The first kappa shape index (κ1) is 14.8. The number of hydrogen-bond acceptors (Lipinski definition) is 3. The molecule has 1 aliphatic rings. The summed E-state index contributed by atoms with van der Waals surface area (Å²) in [5.74, 6) is -0.778. The molecule has 1 aliphatic heterocycles. The largest absolute Gasteiger partial charge is 0.505 e. The van der Waals surface area contributed by atoms with Crippen LogP contribution in [0.25, 0.3) is 0 Å². The number of hydrogen-bond donors (Lipinski definition) is 2. The van der Waals surface area contributed by atoms with Gasteiger partial charge in [0.2, 0.25) is 0 Å². The molecule has 19 heavy (non-hydrogen) atoms. The van der Waals surface area contributed by atoms with Crippen LogP contribution in [-0.4, -0.2) is 36.2 Å². The van der Waals surface area contributed by atoms with Crippen molar-refractivity contribution in [3.05, 3.63) is 28.0 Å². The third kappa shape index (κ3) is 3.27. The van der Waals surface area contributed by atoms with Crippen molar-refractivity contribution in [2.75, 3.05) is 26.2 Å². The van der Waals surface area contributed by atoms with Crippen LogP contribution in [-0.2, 0) is 0 Å². The molecular formula is C14H20BrFN2O. The lowest BCUT2D eigenvalue weighted by molar-refractivity contribution is 0.161. The van der Waals surface area contributed by atoms with E-state index in [-0.39, 0.29) is 11.8 Å². The Morgan fingerprint density at radius 3 is 2.74 bits per heavy atom. The van der Waals surface area contributed by atoms with E-state index in [1.165, 1.54) is 0 Å². The zero-order chi connectivity index (χ0) is 13.8. The summed E-state index contributed by atoms with van der Waals surface area (Å²) in [5, 5.41) is 13.4. The van der Waals surface area contributed by atoms with Gasteiger partial charge >= 0.3 is 0 Å². The van der Waals surface area contributed by atoms with E-state index in [1.54, 1.807) is 6.07 Å². The Balaban J connectivity index is 2.30. The highest BCUT2D eigenvalue weighted by atomic mass is 79.9. The standard InChI is InChI=1S/C14H20BrFN2O/c1-2-3-12(18-8-6-17-7-9-18)10-4-5-11(15)13(16)14(10)19/h4-5,12,17,19H,2-3,6-9H2,1H3/t12-/m1/s1. The minimum absolute atomic E-state index is 0.0923. The molecule has 0 aliphatic carbocycles. The minimum Gasteiger partial charge on any atom is -0.505 e. The Kier molecular flexibility index (Phi) is 5.19. The zero-order valence-electron chi connectivity index (χ0n) is 11.1. The van der Waals surface area contributed by atoms with Gasteiger partial charge < -0.3 is 10.4 Å². The van der Waals surface area contributed by atoms with Gasteiger partial charge in [0.05, 0.1) is 4.47 Å². The molecule has 2 rings (SSSR count). The number of phenols is 1. The van der Waals surface area contributed by atoms with E-state index >= 15 is 0 Å². The zero-order valence-corrected chi connectivity index (χ0v) is 12.7. The van der Waals surface area contributed by atoms with E-state index in [0.717, 1.165) is 39.0 Å². The highest BCUT2D eigenvalue weighted by Gasteiger charge is 2.25. The van der Waals surface area contributed by atoms with Crippen LogP contribution in [0.4, 0.5) is 4.39 Å². The van der Waals surface area contributed by atoms with E-state index in [1.807, 2.05) is 6.07 Å². The van der Waals surface area contributed by atoms with Gasteiger partial charge in [0.25, 0.3) is 0 Å². The van der Waals surface area contributed by atoms with Gasteiger partial charge in [0.15, 0.2) is 11.6 Å². The summed E-state index contributed by atoms with van der Waals surface area (Å²) in [7, 11) is 0. The van der Waals surface area contributed by atoms with Crippen molar-refractivity contribution in [3.8, 4) is 5.75 Å². The van der Waals surface area contributed by atoms with E-state index in [2.05, 4.69) is 33.1 Å². The number of piperazine rings is 1. The number of benzene rings is 1. The van der Waals surface area contributed by atoms with Crippen molar-refractivity contribution in [2.45, 2.75) is 25.8 Å². The molecular weight excluding hydrogens is 311 g/mol. The maximum Gasteiger partial charge on any atom is 0.179 e. The van der Waals surface area contributed by atoms with Gasteiger partial charge in [-0.25, -0.2) is 4.39 Å².